The third-order valence-electron chi connectivity index (χ3n) is 9.61. The van der Waals surface area contributed by atoms with Gasteiger partial charge in [0.2, 0.25) is 5.91 Å². The van der Waals surface area contributed by atoms with Crippen LogP contribution >= 0.6 is 0 Å². The summed E-state index contributed by atoms with van der Waals surface area (Å²) in [6.07, 6.45) is 5.60. The smallest absolute Gasteiger partial charge is 0.337 e. The van der Waals surface area contributed by atoms with E-state index in [1.54, 1.807) is 0 Å². The molecule has 2 aromatic rings. The van der Waals surface area contributed by atoms with Crippen LogP contribution in [0.25, 0.3) is 11.1 Å². The standard InChI is InChI=1S/C35H46FNO5/c1-19-23-15-12-16-41-30(23)26(36)17-24(19)27-20(2)25-18-37(22-13-10-9-11-14-22)33(40)35(7,8)29(25)21(3)28(27)31(32(38)39)42-34(4,5)6/h17,22,31H,9-16,18H2,1-8H3,(H,38,39). The molecule has 1 fully saturated rings. The van der Waals surface area contributed by atoms with Gasteiger partial charge in [-0.15, -0.1) is 0 Å². The molecule has 1 saturated carbocycles. The Morgan fingerprint density at radius 3 is 2.36 bits per heavy atom. The summed E-state index contributed by atoms with van der Waals surface area (Å²) in [4.78, 5) is 29.2. The van der Waals surface area contributed by atoms with Crippen LogP contribution in [0.1, 0.15) is 118 Å². The van der Waals surface area contributed by atoms with E-state index in [0.29, 0.717) is 42.0 Å². The molecule has 1 atom stereocenters. The third kappa shape index (κ3) is 5.12. The molecule has 1 N–H and O–H groups in total. The number of hydrogen-bond donors (Lipinski definition) is 1. The molecule has 2 heterocycles. The first-order valence-electron chi connectivity index (χ1n) is 15.5. The predicted molar refractivity (Wildman–Crippen MR) is 162 cm³/mol. The number of aliphatic carboxylic acids is 1. The Labute approximate surface area is 249 Å². The fraction of sp³-hybridized carbons (Fsp3) is 0.600. The molecule has 1 aliphatic carbocycles. The summed E-state index contributed by atoms with van der Waals surface area (Å²) >= 11 is 0. The highest BCUT2D eigenvalue weighted by atomic mass is 19.1. The van der Waals surface area contributed by atoms with Crippen molar-refractivity contribution in [3.8, 4) is 16.9 Å². The summed E-state index contributed by atoms with van der Waals surface area (Å²) in [5, 5.41) is 10.6. The van der Waals surface area contributed by atoms with Crippen molar-refractivity contribution in [2.75, 3.05) is 6.61 Å². The van der Waals surface area contributed by atoms with Crippen molar-refractivity contribution in [1.82, 2.24) is 4.90 Å². The van der Waals surface area contributed by atoms with Crippen molar-refractivity contribution in [3.05, 3.63) is 50.8 Å². The quantitative estimate of drug-likeness (QED) is 0.394. The monoisotopic (exact) mass is 579 g/mol. The Morgan fingerprint density at radius 2 is 1.74 bits per heavy atom. The van der Waals surface area contributed by atoms with E-state index in [1.807, 2.05) is 55.4 Å². The van der Waals surface area contributed by atoms with Gasteiger partial charge in [-0.3, -0.25) is 4.79 Å². The number of rotatable bonds is 5. The highest BCUT2D eigenvalue weighted by molar-refractivity contribution is 5.93. The fourth-order valence-corrected chi connectivity index (χ4v) is 7.71. The Hall–Kier alpha value is -2.93. The minimum atomic E-state index is -1.30. The molecule has 6 nitrogen and oxygen atoms in total. The van der Waals surface area contributed by atoms with Crippen LogP contribution in [0.3, 0.4) is 0 Å². The van der Waals surface area contributed by atoms with Gasteiger partial charge in [-0.1, -0.05) is 19.3 Å². The molecule has 2 aliphatic heterocycles. The summed E-state index contributed by atoms with van der Waals surface area (Å²) in [5.74, 6) is -1.17. The Bertz CT molecular complexity index is 1430. The molecule has 5 rings (SSSR count). The Kier molecular flexibility index (Phi) is 7.97. The summed E-state index contributed by atoms with van der Waals surface area (Å²) in [7, 11) is 0. The molecule has 0 aromatic heterocycles. The van der Waals surface area contributed by atoms with Gasteiger partial charge in [-0.2, -0.15) is 0 Å². The van der Waals surface area contributed by atoms with Crippen molar-refractivity contribution in [2.45, 2.75) is 130 Å². The summed E-state index contributed by atoms with van der Waals surface area (Å²) < 4.78 is 27.7. The maximum atomic E-state index is 15.7. The van der Waals surface area contributed by atoms with Crippen molar-refractivity contribution < 1.29 is 28.6 Å². The Balaban J connectivity index is 1.84. The van der Waals surface area contributed by atoms with E-state index in [2.05, 4.69) is 4.90 Å². The van der Waals surface area contributed by atoms with Crippen LogP contribution in [0.4, 0.5) is 4.39 Å². The van der Waals surface area contributed by atoms with Crippen LogP contribution in [0, 0.1) is 26.6 Å². The first-order valence-corrected chi connectivity index (χ1v) is 15.5. The SMILES string of the molecule is Cc1c(-c2c(C)c3c(c(C)c2C(OC(C)(C)C)C(=O)O)C(C)(C)C(=O)N(C2CCCCC2)C3)cc(F)c2c1CCCO2. The minimum Gasteiger partial charge on any atom is -0.490 e. The number of carbonyl (C=O) groups excluding carboxylic acids is 1. The summed E-state index contributed by atoms with van der Waals surface area (Å²) in [5.41, 5.74) is 5.50. The van der Waals surface area contributed by atoms with E-state index in [0.717, 1.165) is 65.5 Å². The van der Waals surface area contributed by atoms with Crippen molar-refractivity contribution in [2.24, 2.45) is 0 Å². The molecule has 1 amide bonds. The van der Waals surface area contributed by atoms with Crippen molar-refractivity contribution in [1.29, 1.82) is 0 Å². The zero-order valence-corrected chi connectivity index (χ0v) is 26.5. The molecule has 228 valence electrons. The number of nitrogens with zero attached hydrogens (tertiary/aromatic N) is 1. The molecule has 1 unspecified atom stereocenters. The molecule has 2 aromatic carbocycles. The van der Waals surface area contributed by atoms with Gasteiger partial charge in [0.05, 0.1) is 17.6 Å². The van der Waals surface area contributed by atoms with Gasteiger partial charge in [-0.05, 0) is 126 Å². The lowest BCUT2D eigenvalue weighted by Crippen LogP contribution is -2.53. The molecule has 0 radical (unpaired) electrons. The normalized spacial score (nSPS) is 19.6. The molecule has 0 saturated heterocycles. The molecule has 7 heteroatoms. The number of hydrogen-bond acceptors (Lipinski definition) is 4. The average Bonchev–Trinajstić information content (AvgIpc) is 2.93. The summed E-state index contributed by atoms with van der Waals surface area (Å²) in [6.45, 7) is 16.3. The molecule has 0 spiro atoms. The third-order valence-corrected chi connectivity index (χ3v) is 9.61. The minimum absolute atomic E-state index is 0.0832. The van der Waals surface area contributed by atoms with Crippen LogP contribution in [0.15, 0.2) is 6.07 Å². The van der Waals surface area contributed by atoms with Gasteiger partial charge in [0.1, 0.15) is 0 Å². The van der Waals surface area contributed by atoms with Gasteiger partial charge >= 0.3 is 5.97 Å². The van der Waals surface area contributed by atoms with Crippen LogP contribution in [-0.2, 0) is 32.7 Å². The number of carbonyl (C=O) groups is 2. The zero-order valence-electron chi connectivity index (χ0n) is 26.5. The van der Waals surface area contributed by atoms with E-state index < -0.39 is 28.9 Å². The van der Waals surface area contributed by atoms with Crippen LogP contribution in [-0.4, -0.2) is 40.1 Å². The first kappa shape index (κ1) is 30.5. The average molecular weight is 580 g/mol. The molecule has 0 bridgehead atoms. The highest BCUT2D eigenvalue weighted by Crippen LogP contribution is 2.49. The van der Waals surface area contributed by atoms with E-state index in [-0.39, 0.29) is 11.9 Å². The molecule has 42 heavy (non-hydrogen) atoms. The Morgan fingerprint density at radius 1 is 1.07 bits per heavy atom. The second-order valence-corrected chi connectivity index (χ2v) is 14.0. The highest BCUT2D eigenvalue weighted by Gasteiger charge is 2.46. The second-order valence-electron chi connectivity index (χ2n) is 14.0. The molecule has 3 aliphatic rings. The van der Waals surface area contributed by atoms with E-state index in [4.69, 9.17) is 9.47 Å². The summed E-state index contributed by atoms with van der Waals surface area (Å²) in [6, 6.07) is 1.70. The van der Waals surface area contributed by atoms with E-state index >= 15 is 4.39 Å². The largest absolute Gasteiger partial charge is 0.490 e. The predicted octanol–water partition coefficient (Wildman–Crippen LogP) is 7.64. The van der Waals surface area contributed by atoms with Crippen molar-refractivity contribution >= 4 is 11.9 Å². The molecular formula is C35H46FNO5. The first-order chi connectivity index (χ1) is 19.6. The van der Waals surface area contributed by atoms with Gasteiger partial charge < -0.3 is 19.5 Å². The lowest BCUT2D eigenvalue weighted by molar-refractivity contribution is -0.160. The number of ether oxygens (including phenoxy) is 2. The molecular weight excluding hydrogens is 533 g/mol. The van der Waals surface area contributed by atoms with Gasteiger partial charge in [0, 0.05) is 23.7 Å². The maximum absolute atomic E-state index is 15.7. The van der Waals surface area contributed by atoms with Gasteiger partial charge in [-0.25, -0.2) is 9.18 Å². The lowest BCUT2D eigenvalue weighted by Gasteiger charge is -2.46. The maximum Gasteiger partial charge on any atom is 0.337 e. The number of benzene rings is 2. The number of halogens is 1. The number of carboxylic acid groups (broad SMARTS) is 1. The number of amides is 1. The second kappa shape index (κ2) is 11.0. The fourth-order valence-electron chi connectivity index (χ4n) is 7.71. The van der Waals surface area contributed by atoms with E-state index in [1.165, 1.54) is 12.5 Å². The number of fused-ring (bicyclic) bond motifs is 2. The van der Waals surface area contributed by atoms with E-state index in [9.17, 15) is 14.7 Å². The van der Waals surface area contributed by atoms with Crippen LogP contribution < -0.4 is 4.74 Å². The lowest BCUT2D eigenvalue weighted by atomic mass is 9.69. The van der Waals surface area contributed by atoms with Crippen LogP contribution in [0.5, 0.6) is 5.75 Å². The van der Waals surface area contributed by atoms with Crippen molar-refractivity contribution in [3.63, 3.8) is 0 Å². The number of carboxylic acids is 1. The van der Waals surface area contributed by atoms with Gasteiger partial charge in [0.25, 0.3) is 0 Å². The van der Waals surface area contributed by atoms with Gasteiger partial charge in [0.15, 0.2) is 17.7 Å². The topological polar surface area (TPSA) is 76.1 Å². The van der Waals surface area contributed by atoms with Crippen LogP contribution in [0.2, 0.25) is 0 Å². The zero-order chi connectivity index (χ0) is 30.7.